The molecule has 0 radical (unpaired) electrons. The molecule has 0 saturated heterocycles. The predicted octanol–water partition coefficient (Wildman–Crippen LogP) is 0.272. The van der Waals surface area contributed by atoms with Crippen LogP contribution in [-0.4, -0.2) is 48.2 Å². The van der Waals surface area contributed by atoms with E-state index in [9.17, 15) is 44.7 Å². The molecule has 0 saturated carbocycles. The van der Waals surface area contributed by atoms with Crippen molar-refractivity contribution in [1.29, 1.82) is 0 Å². The Balaban J connectivity index is 3.25. The van der Waals surface area contributed by atoms with Crippen LogP contribution >= 0.6 is 7.37 Å². The zero-order valence-corrected chi connectivity index (χ0v) is 13.3. The SMILES string of the molecule is N[C@@H](CCP(=O)(O)C(O)c1cc([N+](=O)[O-])c(O)c([N+](=O)[O-])c1)C(=O)O. The van der Waals surface area contributed by atoms with Crippen molar-refractivity contribution in [2.45, 2.75) is 18.3 Å². The molecule has 0 aliphatic carbocycles. The number of hydrogen-bond donors (Lipinski definition) is 5. The van der Waals surface area contributed by atoms with Crippen molar-refractivity contribution in [2.24, 2.45) is 5.73 Å². The minimum Gasteiger partial charge on any atom is -0.497 e. The molecule has 13 nitrogen and oxygen atoms in total. The first kappa shape index (κ1) is 20.4. The van der Waals surface area contributed by atoms with Gasteiger partial charge in [-0.1, -0.05) is 0 Å². The number of benzene rings is 1. The second-order valence-electron chi connectivity index (χ2n) is 5.01. The fraction of sp³-hybridized carbons (Fsp3) is 0.364. The number of nitro benzene ring substituents is 2. The summed E-state index contributed by atoms with van der Waals surface area (Å²) in [5, 5.41) is 49.8. The molecule has 1 rings (SSSR count). The number of hydrogen-bond acceptors (Lipinski definition) is 9. The Morgan fingerprint density at radius 1 is 1.24 bits per heavy atom. The third-order valence-corrected chi connectivity index (χ3v) is 5.20. The van der Waals surface area contributed by atoms with Crippen LogP contribution in [-0.2, 0) is 9.36 Å². The molecule has 0 amide bonds. The first-order valence-corrected chi connectivity index (χ1v) is 8.43. The van der Waals surface area contributed by atoms with Gasteiger partial charge in [-0.15, -0.1) is 0 Å². The lowest BCUT2D eigenvalue weighted by Gasteiger charge is -2.19. The molecule has 0 aliphatic rings. The van der Waals surface area contributed by atoms with Crippen LogP contribution in [0.4, 0.5) is 11.4 Å². The van der Waals surface area contributed by atoms with Gasteiger partial charge in [0, 0.05) is 23.9 Å². The maximum atomic E-state index is 12.1. The van der Waals surface area contributed by atoms with Crippen molar-refractivity contribution in [3.63, 3.8) is 0 Å². The highest BCUT2D eigenvalue weighted by molar-refractivity contribution is 7.58. The maximum Gasteiger partial charge on any atom is 0.320 e. The highest BCUT2D eigenvalue weighted by Gasteiger charge is 2.36. The quantitative estimate of drug-likeness (QED) is 0.234. The monoisotopic (exact) mass is 379 g/mol. The van der Waals surface area contributed by atoms with Gasteiger partial charge in [0.2, 0.25) is 7.37 Å². The summed E-state index contributed by atoms with van der Waals surface area (Å²) < 4.78 is 12.1. The number of aromatic hydroxyl groups is 1. The number of nitro groups is 2. The Bertz CT molecular complexity index is 731. The highest BCUT2D eigenvalue weighted by atomic mass is 31.2. The van der Waals surface area contributed by atoms with E-state index in [1.807, 2.05) is 0 Å². The molecule has 6 N–H and O–H groups in total. The zero-order chi connectivity index (χ0) is 19.5. The normalized spacial score (nSPS) is 15.8. The maximum absolute atomic E-state index is 12.1. The van der Waals surface area contributed by atoms with Crippen molar-refractivity contribution in [2.75, 3.05) is 6.16 Å². The topological polar surface area (TPSA) is 227 Å². The molecular weight excluding hydrogens is 365 g/mol. The van der Waals surface area contributed by atoms with E-state index in [2.05, 4.69) is 0 Å². The molecule has 0 spiro atoms. The summed E-state index contributed by atoms with van der Waals surface area (Å²) in [6, 6.07) is -0.434. The molecule has 1 aromatic carbocycles. The number of aliphatic hydroxyl groups excluding tert-OH is 1. The molecule has 0 bridgehead atoms. The van der Waals surface area contributed by atoms with Crippen LogP contribution in [0.25, 0.3) is 0 Å². The van der Waals surface area contributed by atoms with E-state index in [4.69, 9.17) is 10.8 Å². The Morgan fingerprint density at radius 3 is 2.04 bits per heavy atom. The van der Waals surface area contributed by atoms with Gasteiger partial charge in [-0.05, 0) is 6.42 Å². The van der Waals surface area contributed by atoms with E-state index in [0.29, 0.717) is 12.1 Å². The number of phenolic OH excluding ortho intramolecular Hbond substituents is 1. The number of rotatable bonds is 8. The molecule has 2 unspecified atom stereocenters. The molecule has 138 valence electrons. The number of nitrogens with two attached hydrogens (primary N) is 1. The third kappa shape index (κ3) is 4.70. The fourth-order valence-corrected chi connectivity index (χ4v) is 3.36. The van der Waals surface area contributed by atoms with Gasteiger partial charge in [-0.2, -0.15) is 0 Å². The molecular formula is C11H14N3O10P. The zero-order valence-electron chi connectivity index (χ0n) is 12.4. The average molecular weight is 379 g/mol. The molecule has 14 heteroatoms. The largest absolute Gasteiger partial charge is 0.497 e. The first-order chi connectivity index (χ1) is 11.4. The van der Waals surface area contributed by atoms with Gasteiger partial charge < -0.3 is 25.9 Å². The van der Waals surface area contributed by atoms with E-state index in [1.165, 1.54) is 0 Å². The summed E-state index contributed by atoms with van der Waals surface area (Å²) in [5.74, 6) is -4.98. The smallest absolute Gasteiger partial charge is 0.320 e. The molecule has 25 heavy (non-hydrogen) atoms. The van der Waals surface area contributed by atoms with E-state index in [-0.39, 0.29) is 0 Å². The summed E-state index contributed by atoms with van der Waals surface area (Å²) in [6.07, 6.45) is -1.23. The van der Waals surface area contributed by atoms with Crippen LogP contribution in [0.3, 0.4) is 0 Å². The lowest BCUT2D eigenvalue weighted by Crippen LogP contribution is -2.31. The summed E-state index contributed by atoms with van der Waals surface area (Å²) in [5.41, 5.74) is 2.27. The van der Waals surface area contributed by atoms with Crippen LogP contribution < -0.4 is 5.73 Å². The molecule has 1 aromatic rings. The number of carboxylic acid groups (broad SMARTS) is 1. The summed E-state index contributed by atoms with van der Waals surface area (Å²) >= 11 is 0. The molecule has 0 heterocycles. The minimum absolute atomic E-state index is 0.484. The number of aliphatic hydroxyl groups is 1. The van der Waals surface area contributed by atoms with Gasteiger partial charge in [-0.25, -0.2) is 0 Å². The van der Waals surface area contributed by atoms with Crippen molar-refractivity contribution >= 4 is 24.7 Å². The average Bonchev–Trinajstić information content (AvgIpc) is 2.51. The molecule has 0 aliphatic heterocycles. The van der Waals surface area contributed by atoms with Crippen LogP contribution in [0, 0.1) is 20.2 Å². The minimum atomic E-state index is -4.53. The standard InChI is InChI=1S/C11H14N3O10P/c12-6(10(16)17)1-2-25(23,24)11(18)5-3-7(13(19)20)9(15)8(4-5)14(21)22/h3-4,6,11,15,18H,1-2,12H2,(H,16,17)(H,23,24)/t6-,11?/m0/s1. The van der Waals surface area contributed by atoms with Crippen LogP contribution in [0.5, 0.6) is 5.75 Å². The Kier molecular flexibility index (Phi) is 6.15. The van der Waals surface area contributed by atoms with E-state index in [1.54, 1.807) is 0 Å². The Hall–Kier alpha value is -2.60. The Morgan fingerprint density at radius 2 is 1.68 bits per heavy atom. The number of aliphatic carboxylic acids is 1. The summed E-state index contributed by atoms with van der Waals surface area (Å²) in [4.78, 5) is 39.8. The third-order valence-electron chi connectivity index (χ3n) is 3.24. The van der Waals surface area contributed by atoms with E-state index in [0.717, 1.165) is 0 Å². The van der Waals surface area contributed by atoms with Crippen LogP contribution in [0.2, 0.25) is 0 Å². The highest BCUT2D eigenvalue weighted by Crippen LogP contribution is 2.55. The number of carboxylic acids is 1. The number of carbonyl (C=O) groups is 1. The van der Waals surface area contributed by atoms with E-state index < -0.39 is 70.3 Å². The van der Waals surface area contributed by atoms with Crippen LogP contribution in [0.15, 0.2) is 12.1 Å². The van der Waals surface area contributed by atoms with Crippen molar-refractivity contribution in [1.82, 2.24) is 0 Å². The van der Waals surface area contributed by atoms with E-state index >= 15 is 0 Å². The number of phenols is 1. The second kappa shape index (κ2) is 7.53. The van der Waals surface area contributed by atoms with Gasteiger partial charge in [0.1, 0.15) is 6.04 Å². The predicted molar refractivity (Wildman–Crippen MR) is 81.3 cm³/mol. The molecule has 3 atom stereocenters. The molecule has 0 fully saturated rings. The van der Waals surface area contributed by atoms with Gasteiger partial charge in [0.15, 0.2) is 5.85 Å². The van der Waals surface area contributed by atoms with Crippen LogP contribution in [0.1, 0.15) is 17.8 Å². The molecule has 0 aromatic heterocycles. The fourth-order valence-electron chi connectivity index (χ4n) is 1.86. The van der Waals surface area contributed by atoms with Crippen molar-refractivity contribution < 1.29 is 39.4 Å². The lowest BCUT2D eigenvalue weighted by molar-refractivity contribution is -0.396. The summed E-state index contributed by atoms with van der Waals surface area (Å²) in [6.45, 7) is 0. The Labute approximate surface area is 139 Å². The second-order valence-corrected chi connectivity index (χ2v) is 7.46. The van der Waals surface area contributed by atoms with Gasteiger partial charge >= 0.3 is 17.3 Å². The van der Waals surface area contributed by atoms with Gasteiger partial charge in [0.05, 0.1) is 9.85 Å². The first-order valence-electron chi connectivity index (χ1n) is 6.52. The van der Waals surface area contributed by atoms with Gasteiger partial charge in [0.25, 0.3) is 5.75 Å². The number of nitrogens with zero attached hydrogens (tertiary/aromatic N) is 2. The van der Waals surface area contributed by atoms with Gasteiger partial charge in [-0.3, -0.25) is 29.6 Å². The van der Waals surface area contributed by atoms with Crippen molar-refractivity contribution in [3.8, 4) is 5.75 Å². The lowest BCUT2D eigenvalue weighted by atomic mass is 10.1. The van der Waals surface area contributed by atoms with Crippen molar-refractivity contribution in [3.05, 3.63) is 37.9 Å². The summed E-state index contributed by atoms with van der Waals surface area (Å²) in [7, 11) is -4.53.